The molecule has 0 bridgehead atoms. The molecule has 1 amide bonds. The highest BCUT2D eigenvalue weighted by molar-refractivity contribution is 7.71. The normalized spacial score (nSPS) is 10.7. The van der Waals surface area contributed by atoms with Crippen LogP contribution >= 0.6 is 23.8 Å². The van der Waals surface area contributed by atoms with Crippen molar-refractivity contribution in [2.75, 3.05) is 20.2 Å². The van der Waals surface area contributed by atoms with Crippen LogP contribution in [0.1, 0.15) is 12.0 Å². The number of aromatic nitrogens is 3. The molecule has 0 aliphatic carbocycles. The second-order valence-corrected chi connectivity index (χ2v) is 7.51. The maximum Gasteiger partial charge on any atom is 0.224 e. The van der Waals surface area contributed by atoms with Gasteiger partial charge in [-0.3, -0.25) is 14.5 Å². The summed E-state index contributed by atoms with van der Waals surface area (Å²) < 4.78 is 8.00. The summed E-state index contributed by atoms with van der Waals surface area (Å²) >= 11 is 11.4. The van der Waals surface area contributed by atoms with E-state index in [2.05, 4.69) is 10.2 Å². The molecule has 6 nitrogen and oxygen atoms in total. The van der Waals surface area contributed by atoms with Gasteiger partial charge in [0, 0.05) is 25.6 Å². The van der Waals surface area contributed by atoms with Crippen LogP contribution < -0.4 is 4.74 Å². The number of ether oxygens (including phenoxy) is 1. The highest BCUT2D eigenvalue weighted by atomic mass is 35.5. The van der Waals surface area contributed by atoms with Gasteiger partial charge in [-0.15, -0.1) is 0 Å². The summed E-state index contributed by atoms with van der Waals surface area (Å²) in [5.41, 5.74) is 2.13. The van der Waals surface area contributed by atoms with E-state index in [1.165, 1.54) is 5.56 Å². The van der Waals surface area contributed by atoms with Crippen molar-refractivity contribution in [2.24, 2.45) is 0 Å². The summed E-state index contributed by atoms with van der Waals surface area (Å²) in [5, 5.41) is 7.69. The summed E-state index contributed by atoms with van der Waals surface area (Å²) in [4.78, 5) is 14.2. The zero-order valence-electron chi connectivity index (χ0n) is 16.4. The average molecular weight is 431 g/mol. The fraction of sp³-hybridized carbons (Fsp3) is 0.286. The van der Waals surface area contributed by atoms with E-state index in [1.54, 1.807) is 24.1 Å². The standard InChI is InChI=1S/C21H23ClN4O2S/c1-15-7-9-16(10-8-15)20-23-24-21(29)26(20)12-11-19(27)25(2)13-14-28-18-6-4-3-5-17(18)22/h3-10H,11-14H2,1-2H3,(H,24,29). The maximum absolute atomic E-state index is 12.5. The molecule has 29 heavy (non-hydrogen) atoms. The number of halogens is 1. The predicted molar refractivity (Wildman–Crippen MR) is 117 cm³/mol. The number of carbonyl (C=O) groups excluding carboxylic acids is 1. The number of benzene rings is 2. The number of carbonyl (C=O) groups is 1. The number of nitrogens with zero attached hydrogens (tertiary/aromatic N) is 3. The van der Waals surface area contributed by atoms with Crippen molar-refractivity contribution in [2.45, 2.75) is 19.9 Å². The second kappa shape index (κ2) is 9.71. The van der Waals surface area contributed by atoms with E-state index in [9.17, 15) is 4.79 Å². The average Bonchev–Trinajstić information content (AvgIpc) is 3.08. The Balaban J connectivity index is 1.55. The fourth-order valence-corrected chi connectivity index (χ4v) is 3.24. The third kappa shape index (κ3) is 5.46. The first-order valence-electron chi connectivity index (χ1n) is 9.29. The van der Waals surface area contributed by atoms with Gasteiger partial charge >= 0.3 is 0 Å². The molecule has 2 aromatic carbocycles. The third-order valence-electron chi connectivity index (χ3n) is 4.56. The van der Waals surface area contributed by atoms with Crippen molar-refractivity contribution < 1.29 is 9.53 Å². The van der Waals surface area contributed by atoms with Gasteiger partial charge in [-0.25, -0.2) is 0 Å². The Kier molecular flexibility index (Phi) is 7.06. The lowest BCUT2D eigenvalue weighted by Crippen LogP contribution is -2.31. The zero-order valence-corrected chi connectivity index (χ0v) is 18.0. The molecule has 152 valence electrons. The van der Waals surface area contributed by atoms with Gasteiger partial charge < -0.3 is 9.64 Å². The van der Waals surface area contributed by atoms with Crippen LogP contribution in [-0.2, 0) is 11.3 Å². The Morgan fingerprint density at radius 3 is 2.69 bits per heavy atom. The largest absolute Gasteiger partial charge is 0.490 e. The van der Waals surface area contributed by atoms with E-state index < -0.39 is 0 Å². The molecule has 1 N–H and O–H groups in total. The Morgan fingerprint density at radius 1 is 1.24 bits per heavy atom. The van der Waals surface area contributed by atoms with Gasteiger partial charge in [0.2, 0.25) is 5.91 Å². The first-order valence-corrected chi connectivity index (χ1v) is 10.1. The van der Waals surface area contributed by atoms with Gasteiger partial charge in [0.1, 0.15) is 12.4 Å². The van der Waals surface area contributed by atoms with Gasteiger partial charge in [-0.2, -0.15) is 5.10 Å². The molecule has 0 radical (unpaired) electrons. The summed E-state index contributed by atoms with van der Waals surface area (Å²) in [7, 11) is 1.76. The molecule has 1 aromatic heterocycles. The number of amides is 1. The summed E-state index contributed by atoms with van der Waals surface area (Å²) in [5.74, 6) is 1.35. The first-order chi connectivity index (χ1) is 14.0. The van der Waals surface area contributed by atoms with Crippen LogP contribution in [0.5, 0.6) is 5.75 Å². The number of hydrogen-bond acceptors (Lipinski definition) is 4. The van der Waals surface area contributed by atoms with Crippen LogP contribution in [-0.4, -0.2) is 45.8 Å². The molecule has 3 rings (SSSR count). The van der Waals surface area contributed by atoms with E-state index in [4.69, 9.17) is 28.6 Å². The minimum absolute atomic E-state index is 0.00529. The Morgan fingerprint density at radius 2 is 1.97 bits per heavy atom. The molecule has 0 aliphatic rings. The molecule has 0 saturated carbocycles. The smallest absolute Gasteiger partial charge is 0.224 e. The van der Waals surface area contributed by atoms with Crippen molar-refractivity contribution in [3.63, 3.8) is 0 Å². The number of hydrogen-bond donors (Lipinski definition) is 1. The van der Waals surface area contributed by atoms with Crippen LogP contribution in [0.25, 0.3) is 11.4 Å². The molecule has 3 aromatic rings. The molecule has 1 heterocycles. The van der Waals surface area contributed by atoms with E-state index in [1.807, 2.05) is 47.9 Å². The quantitative estimate of drug-likeness (QED) is 0.534. The number of likely N-dealkylation sites (N-methyl/N-ethyl adjacent to an activating group) is 1. The van der Waals surface area contributed by atoms with Crippen LogP contribution in [0.4, 0.5) is 0 Å². The number of aromatic amines is 1. The van der Waals surface area contributed by atoms with E-state index >= 15 is 0 Å². The number of H-pyrrole nitrogens is 1. The van der Waals surface area contributed by atoms with Gasteiger partial charge in [0.15, 0.2) is 10.6 Å². The van der Waals surface area contributed by atoms with Crippen molar-refractivity contribution in [1.82, 2.24) is 19.7 Å². The van der Waals surface area contributed by atoms with Gasteiger partial charge in [-0.1, -0.05) is 53.6 Å². The van der Waals surface area contributed by atoms with Crippen molar-refractivity contribution >= 4 is 29.7 Å². The fourth-order valence-electron chi connectivity index (χ4n) is 2.83. The summed E-state index contributed by atoms with van der Waals surface area (Å²) in [6, 6.07) is 15.3. The third-order valence-corrected chi connectivity index (χ3v) is 5.19. The highest BCUT2D eigenvalue weighted by Gasteiger charge is 2.13. The molecule has 0 spiro atoms. The van der Waals surface area contributed by atoms with E-state index in [0.29, 0.717) is 41.7 Å². The number of rotatable bonds is 8. The SMILES string of the molecule is Cc1ccc(-c2n[nH]c(=S)n2CCC(=O)N(C)CCOc2ccccc2Cl)cc1. The first kappa shape index (κ1) is 21.1. The molecule has 0 fully saturated rings. The van der Waals surface area contributed by atoms with Crippen molar-refractivity contribution in [1.29, 1.82) is 0 Å². The Bertz CT molecular complexity index is 1030. The van der Waals surface area contributed by atoms with Crippen molar-refractivity contribution in [3.05, 3.63) is 63.9 Å². The molecule has 8 heteroatoms. The van der Waals surface area contributed by atoms with E-state index in [0.717, 1.165) is 11.4 Å². The van der Waals surface area contributed by atoms with Gasteiger partial charge in [0.25, 0.3) is 0 Å². The number of para-hydroxylation sites is 1. The Hall–Kier alpha value is -2.64. The topological polar surface area (TPSA) is 63.2 Å². The van der Waals surface area contributed by atoms with E-state index in [-0.39, 0.29) is 5.91 Å². The lowest BCUT2D eigenvalue weighted by Gasteiger charge is -2.18. The van der Waals surface area contributed by atoms with Crippen molar-refractivity contribution in [3.8, 4) is 17.1 Å². The van der Waals surface area contributed by atoms with Crippen LogP contribution in [0.3, 0.4) is 0 Å². The monoisotopic (exact) mass is 430 g/mol. The van der Waals surface area contributed by atoms with Gasteiger partial charge in [-0.05, 0) is 31.3 Å². The predicted octanol–water partition coefficient (Wildman–Crippen LogP) is 4.50. The molecule has 0 atom stereocenters. The zero-order chi connectivity index (χ0) is 20.8. The van der Waals surface area contributed by atoms with Crippen LogP contribution in [0.2, 0.25) is 5.02 Å². The molecular formula is C21H23ClN4O2S. The minimum Gasteiger partial charge on any atom is -0.490 e. The molecule has 0 unspecified atom stereocenters. The lowest BCUT2D eigenvalue weighted by molar-refractivity contribution is -0.130. The summed E-state index contributed by atoms with van der Waals surface area (Å²) in [6.07, 6.45) is 0.315. The number of nitrogens with one attached hydrogen (secondary N) is 1. The molecular weight excluding hydrogens is 408 g/mol. The number of aryl methyl sites for hydroxylation is 1. The van der Waals surface area contributed by atoms with Crippen LogP contribution in [0.15, 0.2) is 48.5 Å². The second-order valence-electron chi connectivity index (χ2n) is 6.71. The maximum atomic E-state index is 12.5. The summed E-state index contributed by atoms with van der Waals surface area (Å²) in [6.45, 7) is 3.31. The molecule has 0 saturated heterocycles. The highest BCUT2D eigenvalue weighted by Crippen LogP contribution is 2.23. The Labute approximate surface area is 180 Å². The molecule has 0 aliphatic heterocycles. The van der Waals surface area contributed by atoms with Crippen LogP contribution in [0, 0.1) is 11.7 Å². The van der Waals surface area contributed by atoms with Gasteiger partial charge in [0.05, 0.1) is 11.6 Å². The minimum atomic E-state index is 0.00529. The lowest BCUT2D eigenvalue weighted by atomic mass is 10.1.